The van der Waals surface area contributed by atoms with Gasteiger partial charge in [-0.05, 0) is 41.1 Å². The zero-order chi connectivity index (χ0) is 8.27. The molecule has 0 amide bonds. The summed E-state index contributed by atoms with van der Waals surface area (Å²) in [4.78, 5) is 1.73. The van der Waals surface area contributed by atoms with E-state index in [0.717, 1.165) is 0 Å². The summed E-state index contributed by atoms with van der Waals surface area (Å²) < 4.78 is 1.18. The van der Waals surface area contributed by atoms with Crippen LogP contribution >= 0.6 is 43.2 Å². The van der Waals surface area contributed by atoms with E-state index < -0.39 is 0 Å². The largest absolute Gasteiger partial charge is 0.129 e. The summed E-state index contributed by atoms with van der Waals surface area (Å²) in [6.07, 6.45) is 4.24. The van der Waals surface area contributed by atoms with Gasteiger partial charge in [-0.15, -0.1) is 11.3 Å². The molecule has 11 heavy (non-hydrogen) atoms. The van der Waals surface area contributed by atoms with E-state index in [4.69, 9.17) is 0 Å². The highest BCUT2D eigenvalue weighted by molar-refractivity contribution is 9.11. The summed E-state index contributed by atoms with van der Waals surface area (Å²) in [7, 11) is 0. The van der Waals surface area contributed by atoms with Crippen molar-refractivity contribution in [1.29, 1.82) is 0 Å². The summed E-state index contributed by atoms with van der Waals surface area (Å²) in [5.74, 6) is 0. The van der Waals surface area contributed by atoms with Crippen molar-refractivity contribution in [1.82, 2.24) is 0 Å². The Kier molecular flexibility index (Phi) is 3.82. The van der Waals surface area contributed by atoms with Gasteiger partial charge in [0.25, 0.3) is 0 Å². The lowest BCUT2D eigenvalue weighted by molar-refractivity contribution is 1.29. The van der Waals surface area contributed by atoms with Gasteiger partial charge in [0, 0.05) is 9.70 Å². The van der Waals surface area contributed by atoms with Gasteiger partial charge in [-0.2, -0.15) is 0 Å². The fourth-order valence-corrected chi connectivity index (χ4v) is 2.13. The van der Waals surface area contributed by atoms with Crippen LogP contribution in [0.3, 0.4) is 0 Å². The van der Waals surface area contributed by atoms with Crippen molar-refractivity contribution < 1.29 is 0 Å². The molecule has 0 saturated heterocycles. The first-order chi connectivity index (χ1) is 5.18. The van der Waals surface area contributed by atoms with Crippen LogP contribution in [0.25, 0.3) is 6.08 Å². The third kappa shape index (κ3) is 3.54. The summed E-state index contributed by atoms with van der Waals surface area (Å²) >= 11 is 8.60. The number of hydrogen-bond acceptors (Lipinski definition) is 1. The maximum Gasteiger partial charge on any atom is 0.0704 e. The molecule has 0 radical (unpaired) electrons. The molecule has 0 aliphatic heterocycles. The lowest BCUT2D eigenvalue weighted by Crippen LogP contribution is -1.77. The van der Waals surface area contributed by atoms with Crippen molar-refractivity contribution in [3.05, 3.63) is 26.9 Å². The van der Waals surface area contributed by atoms with Crippen LogP contribution in [0.2, 0.25) is 0 Å². The van der Waals surface area contributed by atoms with Crippen molar-refractivity contribution in [3.63, 3.8) is 0 Å². The molecule has 0 saturated carbocycles. The van der Waals surface area contributed by atoms with Crippen molar-refractivity contribution in [2.75, 3.05) is 0 Å². The van der Waals surface area contributed by atoms with Crippen LogP contribution < -0.4 is 0 Å². The van der Waals surface area contributed by atoms with Crippen molar-refractivity contribution in [2.45, 2.75) is 11.8 Å². The van der Waals surface area contributed by atoms with E-state index >= 15 is 0 Å². The van der Waals surface area contributed by atoms with Crippen LogP contribution in [0.15, 0.2) is 22.0 Å². The zero-order valence-electron chi connectivity index (χ0n) is 6.05. The Bertz CT molecular complexity index is 250. The van der Waals surface area contributed by atoms with E-state index in [1.165, 1.54) is 8.66 Å². The average Bonchev–Trinajstić information content (AvgIpc) is 2.31. The maximum absolute atomic E-state index is 3.44. The second kappa shape index (κ2) is 4.43. The minimum absolute atomic E-state index is 0.448. The highest BCUT2D eigenvalue weighted by Gasteiger charge is 1.92. The Morgan fingerprint density at radius 1 is 1.55 bits per heavy atom. The first kappa shape index (κ1) is 9.49. The van der Waals surface area contributed by atoms with Gasteiger partial charge in [0.15, 0.2) is 0 Å². The van der Waals surface area contributed by atoms with Gasteiger partial charge in [0.1, 0.15) is 0 Å². The number of hydrogen-bond donors (Lipinski definition) is 0. The summed E-state index contributed by atoms with van der Waals surface area (Å²) in [5.41, 5.74) is 0. The molecule has 0 nitrogen and oxygen atoms in total. The van der Waals surface area contributed by atoms with E-state index in [1.54, 1.807) is 11.3 Å². The van der Waals surface area contributed by atoms with Crippen LogP contribution in [-0.4, -0.2) is 4.83 Å². The Labute approximate surface area is 87.6 Å². The monoisotopic (exact) mass is 294 g/mol. The lowest BCUT2D eigenvalue weighted by Gasteiger charge is -1.88. The van der Waals surface area contributed by atoms with E-state index in [2.05, 4.69) is 63.1 Å². The van der Waals surface area contributed by atoms with Gasteiger partial charge in [-0.25, -0.2) is 0 Å². The maximum atomic E-state index is 3.44. The van der Waals surface area contributed by atoms with Crippen LogP contribution in [0.4, 0.5) is 0 Å². The molecule has 1 heterocycles. The summed E-state index contributed by atoms with van der Waals surface area (Å²) in [6.45, 7) is 2.10. The SMILES string of the molecule is CC(Br)/C=C/c1ccc(Br)s1. The predicted molar refractivity (Wildman–Crippen MR) is 59.4 cm³/mol. The molecule has 1 rings (SSSR count). The molecule has 0 aliphatic carbocycles. The van der Waals surface area contributed by atoms with Crippen molar-refractivity contribution in [2.24, 2.45) is 0 Å². The molecule has 3 heteroatoms. The van der Waals surface area contributed by atoms with E-state index in [0.29, 0.717) is 4.83 Å². The molecule has 0 spiro atoms. The van der Waals surface area contributed by atoms with Crippen molar-refractivity contribution >= 4 is 49.3 Å². The third-order valence-corrected chi connectivity index (χ3v) is 3.01. The van der Waals surface area contributed by atoms with Gasteiger partial charge < -0.3 is 0 Å². The molecule has 1 unspecified atom stereocenters. The minimum atomic E-state index is 0.448. The van der Waals surface area contributed by atoms with Crippen LogP contribution in [0.1, 0.15) is 11.8 Å². The average molecular weight is 296 g/mol. The van der Waals surface area contributed by atoms with E-state index in [1.807, 2.05) is 0 Å². The highest BCUT2D eigenvalue weighted by atomic mass is 79.9. The van der Waals surface area contributed by atoms with E-state index in [9.17, 15) is 0 Å². The molecule has 0 bridgehead atoms. The number of allylic oxidation sites excluding steroid dienone is 1. The number of alkyl halides is 1. The molecule has 1 aromatic rings. The number of rotatable bonds is 2. The normalized spacial score (nSPS) is 14.1. The second-order valence-corrected chi connectivity index (χ2v) is 6.12. The molecular formula is C8H8Br2S. The van der Waals surface area contributed by atoms with Crippen LogP contribution in [0, 0.1) is 0 Å². The molecule has 0 aromatic carbocycles. The van der Waals surface area contributed by atoms with Gasteiger partial charge in [0.05, 0.1) is 3.79 Å². The highest BCUT2D eigenvalue weighted by Crippen LogP contribution is 2.23. The van der Waals surface area contributed by atoms with Gasteiger partial charge >= 0.3 is 0 Å². The molecule has 1 atom stereocenters. The fraction of sp³-hybridized carbons (Fsp3) is 0.250. The standard InChI is InChI=1S/C8H8Br2S/c1-6(9)2-3-7-4-5-8(10)11-7/h2-6H,1H3/b3-2+. The fourth-order valence-electron chi connectivity index (χ4n) is 0.645. The quantitative estimate of drug-likeness (QED) is 0.713. The first-order valence-corrected chi connectivity index (χ1v) is 5.78. The topological polar surface area (TPSA) is 0 Å². The van der Waals surface area contributed by atoms with Gasteiger partial charge in [-0.3, -0.25) is 0 Å². The summed E-state index contributed by atoms with van der Waals surface area (Å²) in [6, 6.07) is 4.16. The molecule has 0 fully saturated rings. The van der Waals surface area contributed by atoms with Crippen LogP contribution in [0.5, 0.6) is 0 Å². The third-order valence-electron chi connectivity index (χ3n) is 1.12. The minimum Gasteiger partial charge on any atom is -0.129 e. The molecular weight excluding hydrogens is 288 g/mol. The Balaban J connectivity index is 2.64. The molecule has 0 aliphatic rings. The Morgan fingerprint density at radius 3 is 2.73 bits per heavy atom. The number of thiophene rings is 1. The van der Waals surface area contributed by atoms with E-state index in [-0.39, 0.29) is 0 Å². The predicted octanol–water partition coefficient (Wildman–Crippen LogP) is 4.31. The number of halogens is 2. The van der Waals surface area contributed by atoms with Gasteiger partial charge in [-0.1, -0.05) is 22.0 Å². The zero-order valence-corrected chi connectivity index (χ0v) is 10.0. The smallest absolute Gasteiger partial charge is 0.0704 e. The molecule has 60 valence electrons. The van der Waals surface area contributed by atoms with Crippen molar-refractivity contribution in [3.8, 4) is 0 Å². The molecule has 0 N–H and O–H groups in total. The molecule has 1 aromatic heterocycles. The second-order valence-electron chi connectivity index (χ2n) is 2.18. The lowest BCUT2D eigenvalue weighted by atomic mass is 10.4. The van der Waals surface area contributed by atoms with Gasteiger partial charge in [0.2, 0.25) is 0 Å². The van der Waals surface area contributed by atoms with Crippen LogP contribution in [-0.2, 0) is 0 Å². The Hall–Kier alpha value is 0.400. The first-order valence-electron chi connectivity index (χ1n) is 3.26. The summed E-state index contributed by atoms with van der Waals surface area (Å²) in [5, 5.41) is 0. The Morgan fingerprint density at radius 2 is 2.27 bits per heavy atom.